The highest BCUT2D eigenvalue weighted by atomic mass is 16.4. The van der Waals surface area contributed by atoms with Crippen LogP contribution in [0.25, 0.3) is 0 Å². The number of aliphatic hydroxyl groups excluding tert-OH is 1. The first-order valence-electron chi connectivity index (χ1n) is 3.93. The molecule has 72 valence electrons. The van der Waals surface area contributed by atoms with Crippen LogP contribution >= 0.6 is 0 Å². The van der Waals surface area contributed by atoms with E-state index in [1.807, 2.05) is 0 Å². The molecule has 0 rings (SSSR count). The molecule has 0 aliphatic carbocycles. The maximum Gasteiger partial charge on any atom is 0.407 e. The van der Waals surface area contributed by atoms with Crippen LogP contribution in [0.5, 0.6) is 0 Å². The van der Waals surface area contributed by atoms with Crippen molar-refractivity contribution in [2.24, 2.45) is 0 Å². The van der Waals surface area contributed by atoms with E-state index in [1.165, 1.54) is 4.90 Å². The zero-order valence-corrected chi connectivity index (χ0v) is 8.03. The van der Waals surface area contributed by atoms with Gasteiger partial charge in [0.05, 0.1) is 12.6 Å². The van der Waals surface area contributed by atoms with Crippen LogP contribution < -0.4 is 0 Å². The number of amides is 1. The number of nitrogens with zero attached hydrogens (tertiary/aromatic N) is 1. The fraction of sp³-hybridized carbons (Fsp3) is 0.875. The zero-order valence-electron chi connectivity index (χ0n) is 8.03. The standard InChI is InChI=1S/C8H17NO3/c1-6(10)5-9(7(11)12)8(2,3)4/h6,10H,5H2,1-4H3,(H,11,12)/t6-/m0/s1. The number of hydrogen-bond acceptors (Lipinski definition) is 2. The van der Waals surface area contributed by atoms with Gasteiger partial charge in [-0.3, -0.25) is 0 Å². The van der Waals surface area contributed by atoms with Crippen molar-refractivity contribution in [2.75, 3.05) is 6.54 Å². The second-order valence-electron chi connectivity index (χ2n) is 3.91. The predicted molar refractivity (Wildman–Crippen MR) is 46.2 cm³/mol. The molecule has 0 saturated heterocycles. The van der Waals surface area contributed by atoms with Gasteiger partial charge in [-0.15, -0.1) is 0 Å². The van der Waals surface area contributed by atoms with Crippen LogP contribution in [0.4, 0.5) is 4.79 Å². The van der Waals surface area contributed by atoms with Crippen LogP contribution in [0.15, 0.2) is 0 Å². The summed E-state index contributed by atoms with van der Waals surface area (Å²) in [5.74, 6) is 0. The summed E-state index contributed by atoms with van der Waals surface area (Å²) in [6, 6.07) is 0. The van der Waals surface area contributed by atoms with Gasteiger partial charge >= 0.3 is 6.09 Å². The van der Waals surface area contributed by atoms with Crippen LogP contribution in [0.1, 0.15) is 27.7 Å². The van der Waals surface area contributed by atoms with Crippen molar-refractivity contribution in [2.45, 2.75) is 39.3 Å². The molecule has 0 saturated carbocycles. The Balaban J connectivity index is 4.35. The average molecular weight is 175 g/mol. The molecule has 0 aliphatic rings. The molecule has 0 unspecified atom stereocenters. The lowest BCUT2D eigenvalue weighted by Crippen LogP contribution is -2.48. The monoisotopic (exact) mass is 175 g/mol. The summed E-state index contributed by atoms with van der Waals surface area (Å²) >= 11 is 0. The van der Waals surface area contributed by atoms with Gasteiger partial charge in [0.25, 0.3) is 0 Å². The Bertz CT molecular complexity index is 160. The van der Waals surface area contributed by atoms with E-state index in [1.54, 1.807) is 27.7 Å². The highest BCUT2D eigenvalue weighted by molar-refractivity contribution is 5.66. The SMILES string of the molecule is C[C@H](O)CN(C(=O)O)C(C)(C)C. The Hall–Kier alpha value is -0.770. The molecule has 1 amide bonds. The highest BCUT2D eigenvalue weighted by Crippen LogP contribution is 2.13. The molecule has 0 bridgehead atoms. The minimum Gasteiger partial charge on any atom is -0.465 e. The first kappa shape index (κ1) is 11.2. The molecule has 0 aromatic carbocycles. The van der Waals surface area contributed by atoms with Crippen LogP contribution in [0, 0.1) is 0 Å². The summed E-state index contributed by atoms with van der Waals surface area (Å²) in [5.41, 5.74) is -0.456. The van der Waals surface area contributed by atoms with E-state index in [0.29, 0.717) is 0 Å². The predicted octanol–water partition coefficient (Wildman–Crippen LogP) is 1.15. The fourth-order valence-electron chi connectivity index (χ4n) is 0.903. The van der Waals surface area contributed by atoms with E-state index >= 15 is 0 Å². The normalized spacial score (nSPS) is 14.1. The van der Waals surface area contributed by atoms with Crippen molar-refractivity contribution in [3.05, 3.63) is 0 Å². The Morgan fingerprint density at radius 2 is 1.92 bits per heavy atom. The van der Waals surface area contributed by atoms with Crippen molar-refractivity contribution in [1.82, 2.24) is 4.90 Å². The molecule has 4 nitrogen and oxygen atoms in total. The lowest BCUT2D eigenvalue weighted by atomic mass is 10.1. The fourth-order valence-corrected chi connectivity index (χ4v) is 0.903. The van der Waals surface area contributed by atoms with Gasteiger partial charge in [-0.1, -0.05) is 0 Å². The summed E-state index contributed by atoms with van der Waals surface area (Å²) in [6.45, 7) is 7.11. The van der Waals surface area contributed by atoms with Crippen molar-refractivity contribution in [3.8, 4) is 0 Å². The average Bonchev–Trinajstić information content (AvgIpc) is 1.79. The van der Waals surface area contributed by atoms with Crippen LogP contribution in [0.2, 0.25) is 0 Å². The van der Waals surface area contributed by atoms with Crippen molar-refractivity contribution in [3.63, 3.8) is 0 Å². The Kier molecular flexibility index (Phi) is 3.52. The van der Waals surface area contributed by atoms with E-state index in [0.717, 1.165) is 0 Å². The van der Waals surface area contributed by atoms with Gasteiger partial charge in [0.1, 0.15) is 0 Å². The lowest BCUT2D eigenvalue weighted by molar-refractivity contribution is 0.0621. The number of β-amino-alcohol motifs (C(OH)–C–C–N with tert-alkyl or cyclic N) is 1. The molecule has 1 atom stereocenters. The first-order chi connectivity index (χ1) is 5.25. The smallest absolute Gasteiger partial charge is 0.407 e. The quantitative estimate of drug-likeness (QED) is 0.661. The zero-order chi connectivity index (χ0) is 9.94. The molecule has 12 heavy (non-hydrogen) atoms. The van der Waals surface area contributed by atoms with Crippen molar-refractivity contribution < 1.29 is 15.0 Å². The van der Waals surface area contributed by atoms with E-state index < -0.39 is 17.7 Å². The number of rotatable bonds is 2. The molecule has 0 radical (unpaired) electrons. The van der Waals surface area contributed by atoms with Gasteiger partial charge < -0.3 is 15.1 Å². The number of carboxylic acid groups (broad SMARTS) is 1. The van der Waals surface area contributed by atoms with Gasteiger partial charge in [0.15, 0.2) is 0 Å². The second-order valence-corrected chi connectivity index (χ2v) is 3.91. The van der Waals surface area contributed by atoms with Crippen molar-refractivity contribution in [1.29, 1.82) is 0 Å². The lowest BCUT2D eigenvalue weighted by Gasteiger charge is -2.33. The summed E-state index contributed by atoms with van der Waals surface area (Å²) in [5, 5.41) is 17.8. The van der Waals surface area contributed by atoms with Gasteiger partial charge in [0, 0.05) is 5.54 Å². The molecular formula is C8H17NO3. The molecule has 0 spiro atoms. The minimum atomic E-state index is -0.997. The first-order valence-corrected chi connectivity index (χ1v) is 3.93. The topological polar surface area (TPSA) is 60.8 Å². The van der Waals surface area contributed by atoms with E-state index in [4.69, 9.17) is 10.2 Å². The van der Waals surface area contributed by atoms with Gasteiger partial charge in [0.2, 0.25) is 0 Å². The van der Waals surface area contributed by atoms with E-state index in [-0.39, 0.29) is 6.54 Å². The largest absolute Gasteiger partial charge is 0.465 e. The highest BCUT2D eigenvalue weighted by Gasteiger charge is 2.26. The summed E-state index contributed by atoms with van der Waals surface area (Å²) < 4.78 is 0. The maximum absolute atomic E-state index is 10.7. The number of hydrogen-bond donors (Lipinski definition) is 2. The minimum absolute atomic E-state index is 0.152. The second kappa shape index (κ2) is 3.76. The van der Waals surface area contributed by atoms with Gasteiger partial charge in [-0.05, 0) is 27.7 Å². The van der Waals surface area contributed by atoms with Gasteiger partial charge in [-0.2, -0.15) is 0 Å². The molecule has 0 aliphatic heterocycles. The Morgan fingerprint density at radius 3 is 2.00 bits per heavy atom. The molecule has 0 fully saturated rings. The molecular weight excluding hydrogens is 158 g/mol. The van der Waals surface area contributed by atoms with Crippen LogP contribution in [-0.2, 0) is 0 Å². The van der Waals surface area contributed by atoms with Crippen LogP contribution in [0.3, 0.4) is 0 Å². The van der Waals surface area contributed by atoms with E-state index in [9.17, 15) is 4.79 Å². The Morgan fingerprint density at radius 1 is 1.50 bits per heavy atom. The Labute approximate surface area is 72.8 Å². The molecule has 0 aromatic heterocycles. The number of aliphatic hydroxyl groups is 1. The van der Waals surface area contributed by atoms with E-state index in [2.05, 4.69) is 0 Å². The maximum atomic E-state index is 10.7. The third kappa shape index (κ3) is 3.57. The molecule has 0 aromatic rings. The third-order valence-corrected chi connectivity index (χ3v) is 1.49. The number of carbonyl (C=O) groups is 1. The van der Waals surface area contributed by atoms with Crippen molar-refractivity contribution >= 4 is 6.09 Å². The molecule has 0 heterocycles. The molecule has 4 heteroatoms. The summed E-state index contributed by atoms with van der Waals surface area (Å²) in [7, 11) is 0. The summed E-state index contributed by atoms with van der Waals surface area (Å²) in [6.07, 6.45) is -1.62. The third-order valence-electron chi connectivity index (χ3n) is 1.49. The van der Waals surface area contributed by atoms with Crippen LogP contribution in [-0.4, -0.2) is 39.4 Å². The molecule has 2 N–H and O–H groups in total. The summed E-state index contributed by atoms with van der Waals surface area (Å²) in [4.78, 5) is 11.9. The van der Waals surface area contributed by atoms with Gasteiger partial charge in [-0.25, -0.2) is 4.79 Å².